The summed E-state index contributed by atoms with van der Waals surface area (Å²) in [6.07, 6.45) is 3.44. The van der Waals surface area contributed by atoms with Crippen molar-refractivity contribution >= 4 is 11.8 Å². The average molecular weight is 369 g/mol. The van der Waals surface area contributed by atoms with E-state index < -0.39 is 11.6 Å². The second-order valence-electron chi connectivity index (χ2n) is 7.45. The molecule has 0 aliphatic heterocycles. The fourth-order valence-electron chi connectivity index (χ4n) is 3.78. The zero-order chi connectivity index (χ0) is 19.4. The Hall–Kier alpha value is -2.40. The lowest BCUT2D eigenvalue weighted by Gasteiger charge is -2.29. The highest BCUT2D eigenvalue weighted by molar-refractivity contribution is 5.99. The number of aromatic nitrogens is 1. The molecule has 0 atom stereocenters. The van der Waals surface area contributed by atoms with E-state index in [2.05, 4.69) is 4.57 Å². The fraction of sp³-hybridized carbons (Fsp3) is 0.455. The summed E-state index contributed by atoms with van der Waals surface area (Å²) in [7, 11) is 0. The number of Topliss-reactive ketones (excluding diaryl/α,β-unsaturated/α-hetero) is 1. The van der Waals surface area contributed by atoms with Crippen LogP contribution in [0.2, 0.25) is 0 Å². The molecule has 0 bridgehead atoms. The molecule has 2 aromatic rings. The molecule has 5 heteroatoms. The molecule has 1 aromatic heterocycles. The van der Waals surface area contributed by atoms with E-state index in [1.54, 1.807) is 0 Å². The molecule has 5 nitrogen and oxygen atoms in total. The molecule has 3 rings (SSSR count). The van der Waals surface area contributed by atoms with Crippen molar-refractivity contribution in [2.24, 2.45) is 0 Å². The Morgan fingerprint density at radius 3 is 2.44 bits per heavy atom. The zero-order valence-corrected chi connectivity index (χ0v) is 16.0. The third kappa shape index (κ3) is 4.30. The summed E-state index contributed by atoms with van der Waals surface area (Å²) >= 11 is 0. The smallest absolute Gasteiger partial charge is 0.338 e. The first-order chi connectivity index (χ1) is 12.9. The Morgan fingerprint density at radius 2 is 1.78 bits per heavy atom. The second-order valence-corrected chi connectivity index (χ2v) is 7.45. The van der Waals surface area contributed by atoms with Crippen molar-refractivity contribution < 1.29 is 19.4 Å². The third-order valence-corrected chi connectivity index (χ3v) is 5.45. The maximum absolute atomic E-state index is 12.6. The maximum atomic E-state index is 12.6. The number of hydrogen-bond donors (Lipinski definition) is 1. The van der Waals surface area contributed by atoms with Gasteiger partial charge in [0.05, 0.1) is 0 Å². The standard InChI is InChI=1S/C22H27NO4/c1-16-13-19(17(2)23(16)14-18-9-5-3-6-10-18)20(24)15-27-21(25)22(26)11-7-4-8-12-22/h3,5-6,9-10,13,26H,4,7-8,11-12,14-15H2,1-2H3. The average Bonchev–Trinajstić information content (AvgIpc) is 2.95. The Bertz CT molecular complexity index is 816. The molecule has 0 spiro atoms. The normalized spacial score (nSPS) is 16.1. The van der Waals surface area contributed by atoms with E-state index in [1.807, 2.05) is 50.2 Å². The molecule has 1 aliphatic carbocycles. The van der Waals surface area contributed by atoms with E-state index in [0.29, 0.717) is 24.9 Å². The molecule has 144 valence electrons. The lowest BCUT2D eigenvalue weighted by molar-refractivity contribution is -0.167. The number of nitrogens with zero attached hydrogens (tertiary/aromatic N) is 1. The van der Waals surface area contributed by atoms with Gasteiger partial charge in [-0.3, -0.25) is 4.79 Å². The van der Waals surface area contributed by atoms with Gasteiger partial charge in [-0.25, -0.2) is 4.79 Å². The van der Waals surface area contributed by atoms with Crippen LogP contribution in [0.4, 0.5) is 0 Å². The molecule has 1 fully saturated rings. The van der Waals surface area contributed by atoms with Gasteiger partial charge in [0.1, 0.15) is 0 Å². The van der Waals surface area contributed by atoms with Crippen molar-refractivity contribution in [3.63, 3.8) is 0 Å². The lowest BCUT2D eigenvalue weighted by atomic mass is 9.85. The fourth-order valence-corrected chi connectivity index (χ4v) is 3.78. The lowest BCUT2D eigenvalue weighted by Crippen LogP contribution is -2.42. The zero-order valence-electron chi connectivity index (χ0n) is 16.0. The Kier molecular flexibility index (Phi) is 5.80. The topological polar surface area (TPSA) is 68.5 Å². The van der Waals surface area contributed by atoms with Crippen molar-refractivity contribution in [1.82, 2.24) is 4.57 Å². The van der Waals surface area contributed by atoms with Crippen LogP contribution in [0.15, 0.2) is 36.4 Å². The highest BCUT2D eigenvalue weighted by atomic mass is 16.6. The van der Waals surface area contributed by atoms with Gasteiger partial charge in [-0.1, -0.05) is 36.8 Å². The number of ketones is 1. The molecule has 0 saturated heterocycles. The molecule has 0 radical (unpaired) electrons. The molecule has 1 saturated carbocycles. The summed E-state index contributed by atoms with van der Waals surface area (Å²) in [6.45, 7) is 4.21. The number of esters is 1. The van der Waals surface area contributed by atoms with E-state index in [9.17, 15) is 14.7 Å². The van der Waals surface area contributed by atoms with Crippen molar-refractivity contribution in [3.8, 4) is 0 Å². The Labute approximate surface area is 160 Å². The van der Waals surface area contributed by atoms with Crippen molar-refractivity contribution in [2.75, 3.05) is 6.61 Å². The van der Waals surface area contributed by atoms with Gasteiger partial charge >= 0.3 is 5.97 Å². The number of carbonyl (C=O) groups excluding carboxylic acids is 2. The molecule has 0 amide bonds. The Balaban J connectivity index is 1.66. The number of rotatable bonds is 6. The Morgan fingerprint density at radius 1 is 1.11 bits per heavy atom. The molecule has 1 heterocycles. The van der Waals surface area contributed by atoms with Gasteiger partial charge in [0.15, 0.2) is 12.2 Å². The molecular formula is C22H27NO4. The minimum Gasteiger partial charge on any atom is -0.455 e. The largest absolute Gasteiger partial charge is 0.455 e. The van der Waals surface area contributed by atoms with Gasteiger partial charge in [0.25, 0.3) is 0 Å². The van der Waals surface area contributed by atoms with Crippen LogP contribution < -0.4 is 0 Å². The van der Waals surface area contributed by atoms with Crippen LogP contribution >= 0.6 is 0 Å². The van der Waals surface area contributed by atoms with Gasteiger partial charge in [-0.2, -0.15) is 0 Å². The van der Waals surface area contributed by atoms with Crippen LogP contribution in [0.5, 0.6) is 0 Å². The minimum atomic E-state index is -1.43. The van der Waals surface area contributed by atoms with Gasteiger partial charge in [-0.15, -0.1) is 0 Å². The van der Waals surface area contributed by atoms with Gasteiger partial charge < -0.3 is 14.4 Å². The van der Waals surface area contributed by atoms with E-state index in [-0.39, 0.29) is 12.4 Å². The molecule has 27 heavy (non-hydrogen) atoms. The number of hydrogen-bond acceptors (Lipinski definition) is 4. The summed E-state index contributed by atoms with van der Waals surface area (Å²) in [5.74, 6) is -0.913. The van der Waals surface area contributed by atoms with Crippen LogP contribution in [0, 0.1) is 13.8 Å². The van der Waals surface area contributed by atoms with Crippen LogP contribution in [-0.4, -0.2) is 33.6 Å². The monoisotopic (exact) mass is 369 g/mol. The van der Waals surface area contributed by atoms with Crippen LogP contribution in [0.3, 0.4) is 0 Å². The number of aliphatic hydroxyl groups is 1. The number of aryl methyl sites for hydroxylation is 1. The molecule has 1 aromatic carbocycles. The van der Waals surface area contributed by atoms with Crippen LogP contribution in [-0.2, 0) is 16.1 Å². The first kappa shape index (κ1) is 19.4. The quantitative estimate of drug-likeness (QED) is 0.624. The van der Waals surface area contributed by atoms with E-state index in [4.69, 9.17) is 4.74 Å². The summed E-state index contributed by atoms with van der Waals surface area (Å²) in [5.41, 5.74) is 2.13. The van der Waals surface area contributed by atoms with Gasteiger partial charge in [-0.05, 0) is 51.2 Å². The first-order valence-electron chi connectivity index (χ1n) is 9.54. The van der Waals surface area contributed by atoms with Gasteiger partial charge in [0.2, 0.25) is 5.78 Å². The van der Waals surface area contributed by atoms with Gasteiger partial charge in [0, 0.05) is 23.5 Å². The predicted molar refractivity (Wildman–Crippen MR) is 103 cm³/mol. The minimum absolute atomic E-state index is 0.241. The van der Waals surface area contributed by atoms with Crippen LogP contribution in [0.25, 0.3) is 0 Å². The molecule has 0 unspecified atom stereocenters. The van der Waals surface area contributed by atoms with Crippen molar-refractivity contribution in [2.45, 2.75) is 58.1 Å². The summed E-state index contributed by atoms with van der Waals surface area (Å²) < 4.78 is 7.26. The summed E-state index contributed by atoms with van der Waals surface area (Å²) in [6, 6.07) is 11.9. The summed E-state index contributed by atoms with van der Waals surface area (Å²) in [5, 5.41) is 10.4. The van der Waals surface area contributed by atoms with Crippen molar-refractivity contribution in [3.05, 3.63) is 58.9 Å². The number of benzene rings is 1. The molecule has 1 aliphatic rings. The predicted octanol–water partition coefficient (Wildman–Crippen LogP) is 3.57. The first-order valence-corrected chi connectivity index (χ1v) is 9.54. The number of ether oxygens (including phenoxy) is 1. The third-order valence-electron chi connectivity index (χ3n) is 5.45. The maximum Gasteiger partial charge on any atom is 0.338 e. The summed E-state index contributed by atoms with van der Waals surface area (Å²) in [4.78, 5) is 24.8. The second kappa shape index (κ2) is 8.09. The molecular weight excluding hydrogens is 342 g/mol. The van der Waals surface area contributed by atoms with Crippen molar-refractivity contribution in [1.29, 1.82) is 0 Å². The highest BCUT2D eigenvalue weighted by Gasteiger charge is 2.39. The molecule has 1 N–H and O–H groups in total. The highest BCUT2D eigenvalue weighted by Crippen LogP contribution is 2.29. The van der Waals surface area contributed by atoms with E-state index in [0.717, 1.165) is 36.2 Å². The SMILES string of the molecule is Cc1cc(C(=O)COC(=O)C2(O)CCCCC2)c(C)n1Cc1ccccc1. The van der Waals surface area contributed by atoms with E-state index >= 15 is 0 Å². The number of carbonyl (C=O) groups is 2. The van der Waals surface area contributed by atoms with E-state index in [1.165, 1.54) is 0 Å². The van der Waals surface area contributed by atoms with Crippen LogP contribution in [0.1, 0.15) is 59.4 Å².